The molecule has 0 unspecified atom stereocenters. The quantitative estimate of drug-likeness (QED) is 0.0459. The fourth-order valence-corrected chi connectivity index (χ4v) is 14.1. The van der Waals surface area contributed by atoms with Gasteiger partial charge in [0.1, 0.15) is 5.75 Å². The first kappa shape index (κ1) is 41.0. The van der Waals surface area contributed by atoms with E-state index in [4.69, 9.17) is 9.08 Å². The summed E-state index contributed by atoms with van der Waals surface area (Å²) in [5, 5.41) is 35.6. The number of anilines is 1. The number of allylic oxidation sites excluding steroid dienone is 1. The van der Waals surface area contributed by atoms with E-state index in [1.54, 1.807) is 18.2 Å². The molecular formula is C46H51BN2O8Si. The normalized spacial score (nSPS) is 21.3. The number of carbonyl (C=O) groups excluding carboxylic acids is 2. The van der Waals surface area contributed by atoms with Gasteiger partial charge in [-0.25, -0.2) is 4.90 Å². The molecule has 4 aromatic carbocycles. The molecule has 0 spiro atoms. The third-order valence-electron chi connectivity index (χ3n) is 12.1. The van der Waals surface area contributed by atoms with Gasteiger partial charge in [0.2, 0.25) is 11.8 Å². The average Bonchev–Trinajstić information content (AvgIpc) is 3.46. The van der Waals surface area contributed by atoms with Gasteiger partial charge in [0.15, 0.2) is 0 Å². The van der Waals surface area contributed by atoms with Gasteiger partial charge in [-0.1, -0.05) is 131 Å². The number of hydrogen-bond donors (Lipinski definition) is 2. The van der Waals surface area contributed by atoms with E-state index in [9.17, 15) is 29.8 Å². The molecule has 2 amide bonds. The SMILES string of the molecule is CCC/C(=C\c1ccccc1O)CC[C@H]1OB(O)C[C@H]2C1=C(CO[Si](c1ccccc1)(c1ccccc1)C(C)(C)C)C[C@H]1C(=O)N(c3cccc([N+](=O)[O-])c3)C(=O)[C@H]12. The molecule has 300 valence electrons. The van der Waals surface area contributed by atoms with Gasteiger partial charge in [-0.2, -0.15) is 0 Å². The molecule has 0 radical (unpaired) electrons. The lowest BCUT2D eigenvalue weighted by Gasteiger charge is -2.46. The third-order valence-corrected chi connectivity index (χ3v) is 17.1. The van der Waals surface area contributed by atoms with Crippen LogP contribution in [0, 0.1) is 27.9 Å². The van der Waals surface area contributed by atoms with Gasteiger partial charge in [-0.05, 0) is 76.6 Å². The molecule has 4 atom stereocenters. The van der Waals surface area contributed by atoms with Crippen molar-refractivity contribution in [1.82, 2.24) is 0 Å². The molecule has 2 N–H and O–H groups in total. The number of phenols is 1. The maximum Gasteiger partial charge on any atom is 0.455 e. The molecule has 0 bridgehead atoms. The van der Waals surface area contributed by atoms with E-state index in [2.05, 4.69) is 52.0 Å². The number of nitro benzene ring substituents is 1. The number of phenolic OH excluding ortho intramolecular Hbond substituents is 1. The summed E-state index contributed by atoms with van der Waals surface area (Å²) >= 11 is 0. The van der Waals surface area contributed by atoms with Crippen molar-refractivity contribution in [2.75, 3.05) is 11.5 Å². The predicted molar refractivity (Wildman–Crippen MR) is 229 cm³/mol. The molecular weight excluding hydrogens is 747 g/mol. The molecule has 2 heterocycles. The third kappa shape index (κ3) is 7.86. The van der Waals surface area contributed by atoms with Crippen LogP contribution >= 0.6 is 0 Å². The Bertz CT molecular complexity index is 2180. The van der Waals surface area contributed by atoms with Crippen molar-refractivity contribution >= 4 is 55.1 Å². The second kappa shape index (κ2) is 17.0. The van der Waals surface area contributed by atoms with Crippen LogP contribution in [-0.2, 0) is 18.7 Å². The lowest BCUT2D eigenvalue weighted by Crippen LogP contribution is -2.66. The van der Waals surface area contributed by atoms with Gasteiger partial charge in [0.25, 0.3) is 14.0 Å². The highest BCUT2D eigenvalue weighted by molar-refractivity contribution is 6.99. The predicted octanol–water partition coefficient (Wildman–Crippen LogP) is 7.84. The molecule has 0 saturated carbocycles. The van der Waals surface area contributed by atoms with Gasteiger partial charge < -0.3 is 19.2 Å². The minimum absolute atomic E-state index is 0.118. The Hall–Kier alpha value is -5.14. The minimum Gasteiger partial charge on any atom is -0.507 e. The first-order valence-electron chi connectivity index (χ1n) is 20.2. The zero-order valence-electron chi connectivity index (χ0n) is 33.5. The van der Waals surface area contributed by atoms with Crippen molar-refractivity contribution in [3.63, 3.8) is 0 Å². The number of imide groups is 1. The maximum atomic E-state index is 14.5. The Balaban J connectivity index is 1.32. The Morgan fingerprint density at radius 3 is 2.21 bits per heavy atom. The van der Waals surface area contributed by atoms with E-state index in [-0.39, 0.29) is 41.5 Å². The van der Waals surface area contributed by atoms with Crippen LogP contribution in [0.25, 0.3) is 6.08 Å². The topological polar surface area (TPSA) is 139 Å². The van der Waals surface area contributed by atoms with Crippen LogP contribution in [0.5, 0.6) is 5.75 Å². The lowest BCUT2D eigenvalue weighted by atomic mass is 9.58. The molecule has 4 aromatic rings. The van der Waals surface area contributed by atoms with E-state index < -0.39 is 56.0 Å². The van der Waals surface area contributed by atoms with Crippen molar-refractivity contribution in [3.8, 4) is 5.75 Å². The van der Waals surface area contributed by atoms with Crippen molar-refractivity contribution in [3.05, 3.63) is 142 Å². The standard InChI is InChI=1S/C46H51BN2O8Si/c1-5-15-31(26-32-16-12-13-23-40(32)50)24-25-41-42-33(30-56-58(46(2,3)4,36-19-8-6-9-20-36)37-21-10-7-11-22-37)27-38-43(39(42)29-47(53)57-41)45(52)48(44(38)51)34-17-14-18-35(28-34)49(54)55/h6-14,16-23,26,28,38-39,41,43,50,53H,5,15,24-25,27,29-30H2,1-4H3/b31-26+/t38-,39+,41-,43-/m1/s1. The molecule has 1 aliphatic carbocycles. The van der Waals surface area contributed by atoms with Gasteiger partial charge in [0, 0.05) is 17.7 Å². The van der Waals surface area contributed by atoms with Gasteiger partial charge in [-0.15, -0.1) is 0 Å². The molecule has 12 heteroatoms. The smallest absolute Gasteiger partial charge is 0.455 e. The highest BCUT2D eigenvalue weighted by atomic mass is 28.4. The van der Waals surface area contributed by atoms with Crippen LogP contribution in [0.3, 0.4) is 0 Å². The fraction of sp³-hybridized carbons (Fsp3) is 0.348. The number of nitrogens with zero attached hydrogens (tertiary/aromatic N) is 2. The number of benzene rings is 4. The Kier molecular flexibility index (Phi) is 12.0. The number of hydrogen-bond acceptors (Lipinski definition) is 8. The Morgan fingerprint density at radius 1 is 0.931 bits per heavy atom. The van der Waals surface area contributed by atoms with Crippen LogP contribution in [0.2, 0.25) is 11.4 Å². The fourth-order valence-electron chi connectivity index (χ4n) is 9.59. The molecule has 10 nitrogen and oxygen atoms in total. The number of amides is 2. The number of nitro groups is 1. The van der Waals surface area contributed by atoms with Crippen molar-refractivity contribution in [2.45, 2.75) is 77.3 Å². The van der Waals surface area contributed by atoms with Gasteiger partial charge >= 0.3 is 7.12 Å². The number of carbonyl (C=O) groups is 2. The van der Waals surface area contributed by atoms with Crippen LogP contribution in [0.15, 0.2) is 126 Å². The summed E-state index contributed by atoms with van der Waals surface area (Å²) in [5.74, 6) is -2.70. The number of rotatable bonds is 13. The summed E-state index contributed by atoms with van der Waals surface area (Å²) in [4.78, 5) is 41.3. The second-order valence-electron chi connectivity index (χ2n) is 16.7. The zero-order valence-corrected chi connectivity index (χ0v) is 34.5. The largest absolute Gasteiger partial charge is 0.507 e. The van der Waals surface area contributed by atoms with Crippen LogP contribution in [-0.4, -0.2) is 55.0 Å². The van der Waals surface area contributed by atoms with Crippen molar-refractivity contribution in [2.24, 2.45) is 17.8 Å². The highest BCUT2D eigenvalue weighted by Gasteiger charge is 2.58. The second-order valence-corrected chi connectivity index (χ2v) is 21.0. The summed E-state index contributed by atoms with van der Waals surface area (Å²) in [6.07, 6.45) is 4.61. The number of non-ortho nitro benzene ring substituents is 1. The molecule has 2 aliphatic heterocycles. The Labute approximate surface area is 341 Å². The minimum atomic E-state index is -3.05. The summed E-state index contributed by atoms with van der Waals surface area (Å²) in [5.41, 5.74) is 3.57. The molecule has 2 fully saturated rings. The van der Waals surface area contributed by atoms with Crippen LogP contribution in [0.4, 0.5) is 11.4 Å². The summed E-state index contributed by atoms with van der Waals surface area (Å²) in [6, 6.07) is 33.5. The van der Waals surface area contributed by atoms with Crippen LogP contribution in [0.1, 0.15) is 65.4 Å². The molecule has 3 aliphatic rings. The molecule has 58 heavy (non-hydrogen) atoms. The molecule has 2 saturated heterocycles. The zero-order chi connectivity index (χ0) is 41.2. The summed E-state index contributed by atoms with van der Waals surface area (Å²) in [6.45, 7) is 8.92. The number of aromatic hydroxyl groups is 1. The summed E-state index contributed by atoms with van der Waals surface area (Å²) in [7, 11) is -4.23. The maximum absolute atomic E-state index is 14.5. The number of para-hydroxylation sites is 1. The monoisotopic (exact) mass is 798 g/mol. The number of fused-ring (bicyclic) bond motifs is 3. The van der Waals surface area contributed by atoms with Gasteiger partial charge in [0.05, 0.1) is 35.2 Å². The van der Waals surface area contributed by atoms with Crippen molar-refractivity contribution < 1.29 is 33.7 Å². The first-order chi connectivity index (χ1) is 27.8. The van der Waals surface area contributed by atoms with E-state index in [0.717, 1.165) is 50.4 Å². The molecule has 0 aromatic heterocycles. The van der Waals surface area contributed by atoms with Crippen LogP contribution < -0.4 is 15.3 Å². The van der Waals surface area contributed by atoms with E-state index in [0.29, 0.717) is 12.8 Å². The van der Waals surface area contributed by atoms with Crippen molar-refractivity contribution in [1.29, 1.82) is 0 Å². The average molecular weight is 799 g/mol. The van der Waals surface area contributed by atoms with E-state index in [1.807, 2.05) is 54.6 Å². The summed E-state index contributed by atoms with van der Waals surface area (Å²) < 4.78 is 13.9. The lowest BCUT2D eigenvalue weighted by molar-refractivity contribution is -0.384. The Morgan fingerprint density at radius 2 is 1.59 bits per heavy atom. The molecule has 7 rings (SSSR count). The highest BCUT2D eigenvalue weighted by Crippen LogP contribution is 2.52. The first-order valence-corrected chi connectivity index (χ1v) is 22.1. The van der Waals surface area contributed by atoms with E-state index >= 15 is 0 Å². The van der Waals surface area contributed by atoms with E-state index in [1.165, 1.54) is 18.2 Å². The van der Waals surface area contributed by atoms with Gasteiger partial charge in [-0.3, -0.25) is 19.7 Å².